The first-order valence-corrected chi connectivity index (χ1v) is 4.57. The predicted octanol–water partition coefficient (Wildman–Crippen LogP) is 2.41. The predicted molar refractivity (Wildman–Crippen MR) is 55.2 cm³/mol. The second-order valence-electron chi connectivity index (χ2n) is 2.91. The van der Waals surface area contributed by atoms with E-state index < -0.39 is 6.10 Å². The third kappa shape index (κ3) is 2.11. The van der Waals surface area contributed by atoms with Crippen LogP contribution in [0.15, 0.2) is 12.1 Å². The van der Waals surface area contributed by atoms with Crippen LogP contribution in [0, 0.1) is 0 Å². The Labute approximate surface area is 88.2 Å². The first-order chi connectivity index (χ1) is 6.60. The molecule has 0 saturated carbocycles. The Kier molecular flexibility index (Phi) is 3.61. The van der Waals surface area contributed by atoms with Crippen molar-refractivity contribution in [2.24, 2.45) is 0 Å². The number of benzene rings is 1. The summed E-state index contributed by atoms with van der Waals surface area (Å²) in [5.41, 5.74) is 0.702. The van der Waals surface area contributed by atoms with Crippen LogP contribution in [0.5, 0.6) is 11.5 Å². The van der Waals surface area contributed by atoms with E-state index in [4.69, 9.17) is 21.1 Å². The Morgan fingerprint density at radius 1 is 1.29 bits per heavy atom. The molecule has 1 atom stereocenters. The molecule has 78 valence electrons. The van der Waals surface area contributed by atoms with Gasteiger partial charge in [-0.15, -0.1) is 0 Å². The van der Waals surface area contributed by atoms with Crippen LogP contribution >= 0.6 is 11.6 Å². The highest BCUT2D eigenvalue weighted by Gasteiger charge is 2.12. The van der Waals surface area contributed by atoms with Crippen LogP contribution in [0.25, 0.3) is 0 Å². The molecule has 1 rings (SSSR count). The SMILES string of the molecule is COc1cc([C@@H](C)O)cc(Cl)c1OC. The van der Waals surface area contributed by atoms with Gasteiger partial charge in [0.2, 0.25) is 0 Å². The van der Waals surface area contributed by atoms with Crippen LogP contribution in [-0.2, 0) is 0 Å². The van der Waals surface area contributed by atoms with Crippen molar-refractivity contribution in [1.29, 1.82) is 0 Å². The first kappa shape index (κ1) is 11.1. The average Bonchev–Trinajstić information content (AvgIpc) is 2.16. The van der Waals surface area contributed by atoms with Gasteiger partial charge in [0.15, 0.2) is 11.5 Å². The van der Waals surface area contributed by atoms with E-state index in [9.17, 15) is 5.11 Å². The highest BCUT2D eigenvalue weighted by Crippen LogP contribution is 2.37. The third-order valence-corrected chi connectivity index (χ3v) is 2.22. The maximum absolute atomic E-state index is 9.38. The maximum atomic E-state index is 9.38. The number of hydrogen-bond donors (Lipinski definition) is 1. The molecule has 0 amide bonds. The summed E-state index contributed by atoms with van der Waals surface area (Å²) in [7, 11) is 3.05. The molecule has 0 unspecified atom stereocenters. The minimum atomic E-state index is -0.577. The number of aliphatic hydroxyl groups excluding tert-OH is 1. The molecule has 0 saturated heterocycles. The summed E-state index contributed by atoms with van der Waals surface area (Å²) in [5, 5.41) is 9.81. The van der Waals surface area contributed by atoms with Gasteiger partial charge in [-0.2, -0.15) is 0 Å². The standard InChI is InChI=1S/C10H13ClO3/c1-6(12)7-4-8(11)10(14-3)9(5-7)13-2/h4-6,12H,1-3H3/t6-/m1/s1. The van der Waals surface area contributed by atoms with E-state index in [2.05, 4.69) is 0 Å². The summed E-state index contributed by atoms with van der Waals surface area (Å²) in [5.74, 6) is 1.01. The quantitative estimate of drug-likeness (QED) is 0.844. The minimum Gasteiger partial charge on any atom is -0.493 e. The van der Waals surface area contributed by atoms with Gasteiger partial charge in [-0.3, -0.25) is 0 Å². The van der Waals surface area contributed by atoms with Crippen LogP contribution < -0.4 is 9.47 Å². The summed E-state index contributed by atoms with van der Waals surface area (Å²) >= 11 is 5.94. The van der Waals surface area contributed by atoms with E-state index >= 15 is 0 Å². The lowest BCUT2D eigenvalue weighted by Crippen LogP contribution is -1.96. The maximum Gasteiger partial charge on any atom is 0.179 e. The van der Waals surface area contributed by atoms with Crippen molar-refractivity contribution in [3.05, 3.63) is 22.7 Å². The number of methoxy groups -OCH3 is 2. The normalized spacial score (nSPS) is 12.4. The second kappa shape index (κ2) is 4.53. The molecular weight excluding hydrogens is 204 g/mol. The van der Waals surface area contributed by atoms with E-state index in [0.29, 0.717) is 22.1 Å². The molecule has 0 spiro atoms. The molecular formula is C10H13ClO3. The largest absolute Gasteiger partial charge is 0.493 e. The lowest BCUT2D eigenvalue weighted by atomic mass is 10.1. The van der Waals surface area contributed by atoms with Crippen LogP contribution in [0.1, 0.15) is 18.6 Å². The Bertz CT molecular complexity index is 323. The van der Waals surface area contributed by atoms with Crippen molar-refractivity contribution in [2.45, 2.75) is 13.0 Å². The Morgan fingerprint density at radius 3 is 2.36 bits per heavy atom. The van der Waals surface area contributed by atoms with Gasteiger partial charge in [0.25, 0.3) is 0 Å². The topological polar surface area (TPSA) is 38.7 Å². The smallest absolute Gasteiger partial charge is 0.179 e. The highest BCUT2D eigenvalue weighted by molar-refractivity contribution is 6.32. The molecule has 14 heavy (non-hydrogen) atoms. The number of rotatable bonds is 3. The van der Waals surface area contributed by atoms with Crippen LogP contribution in [0.4, 0.5) is 0 Å². The lowest BCUT2D eigenvalue weighted by Gasteiger charge is -2.12. The zero-order valence-electron chi connectivity index (χ0n) is 8.37. The number of aliphatic hydroxyl groups is 1. The van der Waals surface area contributed by atoms with Crippen molar-refractivity contribution in [1.82, 2.24) is 0 Å². The van der Waals surface area contributed by atoms with Crippen molar-refractivity contribution in [3.8, 4) is 11.5 Å². The molecule has 0 heterocycles. The monoisotopic (exact) mass is 216 g/mol. The molecule has 1 aromatic carbocycles. The van der Waals surface area contributed by atoms with Crippen molar-refractivity contribution < 1.29 is 14.6 Å². The second-order valence-corrected chi connectivity index (χ2v) is 3.32. The Morgan fingerprint density at radius 2 is 1.93 bits per heavy atom. The average molecular weight is 217 g/mol. The molecule has 0 radical (unpaired) electrons. The molecule has 0 aromatic heterocycles. The molecule has 1 N–H and O–H groups in total. The fraction of sp³-hybridized carbons (Fsp3) is 0.400. The molecule has 0 bridgehead atoms. The van der Waals surface area contributed by atoms with Crippen LogP contribution in [0.2, 0.25) is 5.02 Å². The molecule has 1 aromatic rings. The summed E-state index contributed by atoms with van der Waals surface area (Å²) in [6.07, 6.45) is -0.577. The van der Waals surface area contributed by atoms with Gasteiger partial charge >= 0.3 is 0 Å². The van der Waals surface area contributed by atoms with Gasteiger partial charge in [0, 0.05) is 0 Å². The van der Waals surface area contributed by atoms with Gasteiger partial charge in [-0.05, 0) is 24.6 Å². The van der Waals surface area contributed by atoms with Crippen LogP contribution in [-0.4, -0.2) is 19.3 Å². The highest BCUT2D eigenvalue weighted by atomic mass is 35.5. The third-order valence-electron chi connectivity index (χ3n) is 1.94. The molecule has 0 aliphatic heterocycles. The zero-order valence-corrected chi connectivity index (χ0v) is 9.13. The summed E-state index contributed by atoms with van der Waals surface area (Å²) < 4.78 is 10.2. The van der Waals surface area contributed by atoms with Gasteiger partial charge in [-0.1, -0.05) is 11.6 Å². The van der Waals surface area contributed by atoms with Gasteiger partial charge < -0.3 is 14.6 Å². The summed E-state index contributed by atoms with van der Waals surface area (Å²) in [4.78, 5) is 0. The summed E-state index contributed by atoms with van der Waals surface area (Å²) in [6.45, 7) is 1.66. The minimum absolute atomic E-state index is 0.433. The fourth-order valence-electron chi connectivity index (χ4n) is 1.18. The van der Waals surface area contributed by atoms with E-state index in [1.165, 1.54) is 14.2 Å². The van der Waals surface area contributed by atoms with E-state index in [1.54, 1.807) is 19.1 Å². The molecule has 4 heteroatoms. The fourth-order valence-corrected chi connectivity index (χ4v) is 1.48. The molecule has 0 fully saturated rings. The number of halogens is 1. The van der Waals surface area contributed by atoms with Crippen LogP contribution in [0.3, 0.4) is 0 Å². The lowest BCUT2D eigenvalue weighted by molar-refractivity contribution is 0.198. The van der Waals surface area contributed by atoms with Crippen molar-refractivity contribution >= 4 is 11.6 Å². The first-order valence-electron chi connectivity index (χ1n) is 4.19. The van der Waals surface area contributed by atoms with Gasteiger partial charge in [-0.25, -0.2) is 0 Å². The Hall–Kier alpha value is -0.930. The number of hydrogen-bond acceptors (Lipinski definition) is 3. The van der Waals surface area contributed by atoms with E-state index in [1.807, 2.05) is 0 Å². The summed E-state index contributed by atoms with van der Waals surface area (Å²) in [6, 6.07) is 3.36. The van der Waals surface area contributed by atoms with Gasteiger partial charge in [0.05, 0.1) is 25.3 Å². The Balaban J connectivity index is 3.24. The molecule has 0 aliphatic carbocycles. The van der Waals surface area contributed by atoms with E-state index in [-0.39, 0.29) is 0 Å². The molecule has 0 aliphatic rings. The van der Waals surface area contributed by atoms with Gasteiger partial charge in [0.1, 0.15) is 0 Å². The number of ether oxygens (including phenoxy) is 2. The van der Waals surface area contributed by atoms with Crippen molar-refractivity contribution in [3.63, 3.8) is 0 Å². The van der Waals surface area contributed by atoms with E-state index in [0.717, 1.165) is 0 Å². The molecule has 3 nitrogen and oxygen atoms in total. The van der Waals surface area contributed by atoms with Crippen molar-refractivity contribution in [2.75, 3.05) is 14.2 Å². The zero-order chi connectivity index (χ0) is 10.7.